The van der Waals surface area contributed by atoms with E-state index in [1.54, 1.807) is 49.2 Å². The van der Waals surface area contributed by atoms with Crippen molar-refractivity contribution in [2.24, 2.45) is 0 Å². The van der Waals surface area contributed by atoms with Crippen LogP contribution in [0.15, 0.2) is 144 Å². The predicted molar refractivity (Wildman–Crippen MR) is 265 cm³/mol. The molecule has 0 radical (unpaired) electrons. The number of carbonyl (C=O) groups excluding carboxylic acids is 1. The highest BCUT2D eigenvalue weighted by atomic mass is 31.2. The van der Waals surface area contributed by atoms with E-state index in [9.17, 15) is 19.6 Å². The van der Waals surface area contributed by atoms with Crippen LogP contribution in [0.4, 0.5) is 5.82 Å². The van der Waals surface area contributed by atoms with E-state index in [1.165, 1.54) is 17.1 Å². The number of nitrogens with one attached hydrogen (secondary N) is 2. The molecule has 1 fully saturated rings. The molecule has 18 heteroatoms. The monoisotopic (exact) mass is 965 g/mol. The zero-order valence-corrected chi connectivity index (χ0v) is 40.8. The van der Waals surface area contributed by atoms with Crippen molar-refractivity contribution in [2.45, 2.75) is 89.6 Å². The molecule has 4 atom stereocenters. The van der Waals surface area contributed by atoms with Gasteiger partial charge in [0.15, 0.2) is 17.0 Å². The number of H-pyrrole nitrogens is 1. The summed E-state index contributed by atoms with van der Waals surface area (Å²) in [7, 11) is -0.298. The van der Waals surface area contributed by atoms with Crippen LogP contribution < -0.4 is 21.3 Å². The third kappa shape index (κ3) is 10.3. The van der Waals surface area contributed by atoms with E-state index in [0.717, 1.165) is 16.7 Å². The number of fused-ring (bicyclic) bond motifs is 1. The number of rotatable bonds is 20. The van der Waals surface area contributed by atoms with Crippen LogP contribution in [0.3, 0.4) is 0 Å². The summed E-state index contributed by atoms with van der Waals surface area (Å²) in [6, 6.07) is 38.3. The van der Waals surface area contributed by atoms with E-state index in [0.29, 0.717) is 28.0 Å². The first kappa shape index (κ1) is 49.5. The summed E-state index contributed by atoms with van der Waals surface area (Å²) < 4.78 is 39.8. The van der Waals surface area contributed by atoms with Crippen LogP contribution in [0.1, 0.15) is 79.4 Å². The van der Waals surface area contributed by atoms with E-state index < -0.39 is 43.3 Å². The Labute approximate surface area is 407 Å². The van der Waals surface area contributed by atoms with Gasteiger partial charge in [-0.3, -0.25) is 19.1 Å². The van der Waals surface area contributed by atoms with Gasteiger partial charge in [0.25, 0.3) is 20.0 Å². The maximum atomic E-state index is 13.8. The summed E-state index contributed by atoms with van der Waals surface area (Å²) >= 11 is 0. The average molecular weight is 966 g/mol. The smallest absolute Gasteiger partial charge is 0.330 e. The number of imidazole rings is 1. The number of hydrogen-bond donors (Lipinski definition) is 2. The lowest BCUT2D eigenvalue weighted by molar-refractivity contribution is -0.164. The summed E-state index contributed by atoms with van der Waals surface area (Å²) in [4.78, 5) is 56.4. The highest BCUT2D eigenvalue weighted by Crippen LogP contribution is 2.53. The summed E-state index contributed by atoms with van der Waals surface area (Å²) in [6.45, 7) is 9.70. The van der Waals surface area contributed by atoms with E-state index in [4.69, 9.17) is 28.2 Å². The van der Waals surface area contributed by atoms with Crippen LogP contribution >= 0.6 is 8.53 Å². The van der Waals surface area contributed by atoms with Crippen LogP contribution in [0.5, 0.6) is 5.75 Å². The number of benzene rings is 4. The number of methoxy groups -OCH3 is 1. The SMILES string of the molecule is COc1ccc(C(OC[C@@]2(Cn3cnc4c(NC(=O)c5ccccc5)ncnc43)O[C@@H](n3cc(C)c(=O)[nH]c3=O)C[C@@H]2OP(OCCC#N)N(C(C)C)C(C)C)(c2ccccc2)c2ccccc2)cc1. The highest BCUT2D eigenvalue weighted by molar-refractivity contribution is 7.44. The standard InChI is InChI=1S/C52H56N9O8P/c1-35(2)61(36(3)4)70(67-28-16-27-53)69-43-29-44(60-30-37(5)48(62)58-50(60)64)68-51(43,31-59-34-56-45-46(54-33-55-47(45)59)57-49(63)38-17-10-7-11-18-38)32-66-52(39-19-12-8-13-20-39,40-21-14-9-15-22-40)41-23-25-42(65-6)26-24-41/h7-15,17-26,30,33-36,43-44H,16,28-29,31-32H2,1-6H3,(H,58,62,64)(H,54,55,57,63)/t43-,44+,51+,70?/m0/s1. The molecule has 0 saturated carbocycles. The fourth-order valence-electron chi connectivity index (χ4n) is 8.91. The molecule has 2 N–H and O–H groups in total. The molecule has 8 rings (SSSR count). The normalized spacial score (nSPS) is 17.5. The third-order valence-electron chi connectivity index (χ3n) is 12.2. The van der Waals surface area contributed by atoms with Crippen molar-refractivity contribution in [3.05, 3.63) is 183 Å². The van der Waals surface area contributed by atoms with Crippen molar-refractivity contribution >= 4 is 31.4 Å². The third-order valence-corrected chi connectivity index (χ3v) is 14.3. The Balaban J connectivity index is 1.33. The molecule has 4 aromatic carbocycles. The predicted octanol–water partition coefficient (Wildman–Crippen LogP) is 8.27. The van der Waals surface area contributed by atoms with Gasteiger partial charge in [-0.25, -0.2) is 24.4 Å². The van der Waals surface area contributed by atoms with Crippen molar-refractivity contribution < 1.29 is 28.1 Å². The molecule has 0 spiro atoms. The molecule has 1 unspecified atom stereocenters. The van der Waals surface area contributed by atoms with Crippen molar-refractivity contribution in [3.63, 3.8) is 0 Å². The Morgan fingerprint density at radius 1 is 0.929 bits per heavy atom. The second-order valence-electron chi connectivity index (χ2n) is 17.5. The van der Waals surface area contributed by atoms with Gasteiger partial charge in [-0.15, -0.1) is 0 Å². The van der Waals surface area contributed by atoms with Gasteiger partial charge in [0, 0.05) is 35.8 Å². The average Bonchev–Trinajstić information content (AvgIpc) is 3.94. The van der Waals surface area contributed by atoms with Gasteiger partial charge in [0.2, 0.25) is 0 Å². The first-order valence-electron chi connectivity index (χ1n) is 23.0. The lowest BCUT2D eigenvalue weighted by Gasteiger charge is -2.43. The zero-order valence-electron chi connectivity index (χ0n) is 39.9. The number of ether oxygens (including phenoxy) is 3. The Morgan fingerprint density at radius 2 is 1.56 bits per heavy atom. The Morgan fingerprint density at radius 3 is 2.17 bits per heavy atom. The number of hydrogen-bond acceptors (Lipinski definition) is 13. The Bertz CT molecular complexity index is 2990. The van der Waals surface area contributed by atoms with Crippen molar-refractivity contribution in [3.8, 4) is 11.8 Å². The van der Waals surface area contributed by atoms with Crippen LogP contribution in [0, 0.1) is 18.3 Å². The quantitative estimate of drug-likeness (QED) is 0.0421. The summed E-state index contributed by atoms with van der Waals surface area (Å²) in [5.41, 5.74) is -0.172. The van der Waals surface area contributed by atoms with E-state index >= 15 is 0 Å². The topological polar surface area (TPSA) is 201 Å². The summed E-state index contributed by atoms with van der Waals surface area (Å²) in [5.74, 6) is 0.477. The van der Waals surface area contributed by atoms with Gasteiger partial charge in [-0.1, -0.05) is 91.0 Å². The molecule has 17 nitrogen and oxygen atoms in total. The molecule has 1 aliphatic rings. The molecule has 1 saturated heterocycles. The van der Waals surface area contributed by atoms with Gasteiger partial charge in [0.05, 0.1) is 45.7 Å². The molecule has 1 aliphatic heterocycles. The second kappa shape index (κ2) is 21.8. The van der Waals surface area contributed by atoms with Crippen LogP contribution in [-0.2, 0) is 30.7 Å². The first-order chi connectivity index (χ1) is 33.9. The molecule has 0 aliphatic carbocycles. The number of aromatic nitrogens is 6. The number of amides is 1. The van der Waals surface area contributed by atoms with E-state index in [2.05, 4.69) is 31.0 Å². The maximum absolute atomic E-state index is 13.8. The molecule has 362 valence electrons. The van der Waals surface area contributed by atoms with Gasteiger partial charge >= 0.3 is 5.69 Å². The summed E-state index contributed by atoms with van der Waals surface area (Å²) in [6.07, 6.45) is 2.72. The Kier molecular flexibility index (Phi) is 15.4. The number of aryl methyl sites for hydroxylation is 1. The van der Waals surface area contributed by atoms with Crippen molar-refractivity contribution in [1.29, 1.82) is 5.26 Å². The van der Waals surface area contributed by atoms with Gasteiger partial charge in [-0.05, 0) is 75.6 Å². The lowest BCUT2D eigenvalue weighted by atomic mass is 9.79. The van der Waals surface area contributed by atoms with Crippen molar-refractivity contribution in [1.82, 2.24) is 33.7 Å². The molecular formula is C52H56N9O8P. The van der Waals surface area contributed by atoms with Crippen LogP contribution in [0.2, 0.25) is 0 Å². The van der Waals surface area contributed by atoms with Gasteiger partial charge in [0.1, 0.15) is 35.6 Å². The molecule has 0 bridgehead atoms. The lowest BCUT2D eigenvalue weighted by Crippen LogP contribution is -2.51. The zero-order chi connectivity index (χ0) is 49.4. The number of aromatic amines is 1. The largest absolute Gasteiger partial charge is 0.497 e. The molecule has 70 heavy (non-hydrogen) atoms. The van der Waals surface area contributed by atoms with Gasteiger partial charge in [-0.2, -0.15) is 5.26 Å². The van der Waals surface area contributed by atoms with Gasteiger partial charge < -0.3 is 33.1 Å². The highest BCUT2D eigenvalue weighted by Gasteiger charge is 2.55. The van der Waals surface area contributed by atoms with Crippen molar-refractivity contribution in [2.75, 3.05) is 25.6 Å². The minimum Gasteiger partial charge on any atom is -0.497 e. The number of anilines is 1. The first-order valence-corrected chi connectivity index (χ1v) is 24.2. The van der Waals surface area contributed by atoms with Crippen LogP contribution in [0.25, 0.3) is 11.2 Å². The summed E-state index contributed by atoms with van der Waals surface area (Å²) in [5, 5.41) is 12.5. The molecule has 4 heterocycles. The number of nitriles is 1. The Hall–Kier alpha value is -6.90. The minimum atomic E-state index is -1.91. The van der Waals surface area contributed by atoms with Crippen LogP contribution in [-0.4, -0.2) is 83.8 Å². The number of nitrogens with zero attached hydrogens (tertiary/aromatic N) is 7. The molecule has 7 aromatic rings. The molecule has 3 aromatic heterocycles. The fraction of sp³-hybridized carbons (Fsp3) is 0.327. The van der Waals surface area contributed by atoms with E-state index in [1.807, 2.05) is 119 Å². The molecule has 1 amide bonds. The molecular weight excluding hydrogens is 910 g/mol. The minimum absolute atomic E-state index is 0.0299. The fourth-order valence-corrected chi connectivity index (χ4v) is 10.7. The number of carbonyl (C=O) groups is 1. The second-order valence-corrected chi connectivity index (χ2v) is 18.9. The van der Waals surface area contributed by atoms with E-state index in [-0.39, 0.29) is 56.4 Å². The maximum Gasteiger partial charge on any atom is 0.330 e.